The van der Waals surface area contributed by atoms with Gasteiger partial charge < -0.3 is 15.0 Å². The molecule has 1 amide bonds. The zero-order chi connectivity index (χ0) is 17.6. The average Bonchev–Trinajstić information content (AvgIpc) is 2.68. The quantitative estimate of drug-likeness (QED) is 0.861. The molecule has 7 heteroatoms. The predicted octanol–water partition coefficient (Wildman–Crippen LogP) is 2.51. The molecule has 1 N–H and O–H groups in total. The monoisotopic (exact) mass is 340 g/mol. The van der Waals surface area contributed by atoms with Crippen molar-refractivity contribution in [1.29, 1.82) is 0 Å². The Morgan fingerprint density at radius 3 is 2.24 bits per heavy atom. The molecule has 1 fully saturated rings. The molecule has 0 unspecified atom stereocenters. The van der Waals surface area contributed by atoms with E-state index in [1.807, 2.05) is 0 Å². The fraction of sp³-hybridized carbons (Fsp3) is 0.333. The van der Waals surface area contributed by atoms with Crippen molar-refractivity contribution in [2.45, 2.75) is 19.3 Å². The van der Waals surface area contributed by atoms with E-state index in [-0.39, 0.29) is 5.91 Å². The van der Waals surface area contributed by atoms with Crippen LogP contribution >= 0.6 is 0 Å². The second-order valence-electron chi connectivity index (χ2n) is 5.84. The maximum Gasteiger partial charge on any atom is 0.337 e. The van der Waals surface area contributed by atoms with Crippen molar-refractivity contribution in [1.82, 2.24) is 9.97 Å². The van der Waals surface area contributed by atoms with E-state index in [1.165, 1.54) is 25.9 Å². The summed E-state index contributed by atoms with van der Waals surface area (Å²) in [5.41, 5.74) is 1.39. The van der Waals surface area contributed by atoms with E-state index in [2.05, 4.69) is 24.9 Å². The molecule has 2 aromatic rings. The van der Waals surface area contributed by atoms with E-state index in [1.54, 1.807) is 24.3 Å². The van der Waals surface area contributed by atoms with Crippen molar-refractivity contribution in [3.63, 3.8) is 0 Å². The molecule has 1 aliphatic heterocycles. The molecule has 25 heavy (non-hydrogen) atoms. The normalized spacial score (nSPS) is 14.0. The third-order valence-corrected chi connectivity index (χ3v) is 4.10. The van der Waals surface area contributed by atoms with Gasteiger partial charge in [0, 0.05) is 31.2 Å². The number of anilines is 2. The van der Waals surface area contributed by atoms with Crippen molar-refractivity contribution in [3.05, 3.63) is 47.8 Å². The summed E-state index contributed by atoms with van der Waals surface area (Å²) in [6.45, 7) is 1.91. The lowest BCUT2D eigenvalue weighted by Crippen LogP contribution is -2.31. The third kappa shape index (κ3) is 4.12. The minimum absolute atomic E-state index is 0.295. The summed E-state index contributed by atoms with van der Waals surface area (Å²) >= 11 is 0. The van der Waals surface area contributed by atoms with Gasteiger partial charge in [0.2, 0.25) is 5.95 Å². The summed E-state index contributed by atoms with van der Waals surface area (Å²) in [6.07, 6.45) is 6.61. The number of rotatable bonds is 4. The van der Waals surface area contributed by atoms with Gasteiger partial charge in [0.15, 0.2) is 0 Å². The van der Waals surface area contributed by atoms with Gasteiger partial charge in [-0.25, -0.2) is 14.8 Å². The third-order valence-electron chi connectivity index (χ3n) is 4.10. The van der Waals surface area contributed by atoms with Crippen LogP contribution in [0.5, 0.6) is 0 Å². The molecular weight excluding hydrogens is 320 g/mol. The van der Waals surface area contributed by atoms with Gasteiger partial charge in [0.05, 0.1) is 18.2 Å². The zero-order valence-electron chi connectivity index (χ0n) is 14.1. The molecule has 3 rings (SSSR count). The molecule has 0 bridgehead atoms. The van der Waals surface area contributed by atoms with Gasteiger partial charge in [0.25, 0.3) is 5.91 Å². The van der Waals surface area contributed by atoms with Gasteiger partial charge in [-0.15, -0.1) is 0 Å². The molecule has 0 spiro atoms. The van der Waals surface area contributed by atoms with Crippen LogP contribution in [0.25, 0.3) is 0 Å². The Balaban J connectivity index is 1.63. The van der Waals surface area contributed by atoms with E-state index in [0.717, 1.165) is 25.9 Å². The highest BCUT2D eigenvalue weighted by atomic mass is 16.5. The first kappa shape index (κ1) is 16.9. The number of benzene rings is 1. The minimum Gasteiger partial charge on any atom is -0.465 e. The molecule has 130 valence electrons. The van der Waals surface area contributed by atoms with Crippen LogP contribution in [0.2, 0.25) is 0 Å². The second kappa shape index (κ2) is 7.74. The number of piperidine rings is 1. The SMILES string of the molecule is COC(=O)c1ccc(NC(=O)c2cnc(N3CCCCC3)nc2)cc1. The highest BCUT2D eigenvalue weighted by Crippen LogP contribution is 2.16. The van der Waals surface area contributed by atoms with Crippen LogP contribution in [0.1, 0.15) is 40.0 Å². The molecule has 1 saturated heterocycles. The van der Waals surface area contributed by atoms with Crippen molar-refractivity contribution in [2.75, 3.05) is 30.4 Å². The Morgan fingerprint density at radius 1 is 1.00 bits per heavy atom. The molecule has 1 aromatic carbocycles. The maximum atomic E-state index is 12.3. The zero-order valence-corrected chi connectivity index (χ0v) is 14.1. The van der Waals surface area contributed by atoms with Crippen LogP contribution in [0, 0.1) is 0 Å². The van der Waals surface area contributed by atoms with Crippen LogP contribution in [0.4, 0.5) is 11.6 Å². The fourth-order valence-corrected chi connectivity index (χ4v) is 2.71. The standard InChI is InChI=1S/C18H20N4O3/c1-25-17(24)13-5-7-15(8-6-13)21-16(23)14-11-19-18(20-12-14)22-9-3-2-4-10-22/h5-8,11-12H,2-4,9-10H2,1H3,(H,21,23). The number of ether oxygens (including phenoxy) is 1. The molecule has 7 nitrogen and oxygen atoms in total. The van der Waals surface area contributed by atoms with E-state index in [9.17, 15) is 9.59 Å². The van der Waals surface area contributed by atoms with Crippen LogP contribution in [-0.4, -0.2) is 42.0 Å². The fourth-order valence-electron chi connectivity index (χ4n) is 2.71. The Bertz CT molecular complexity index is 738. The summed E-state index contributed by atoms with van der Waals surface area (Å²) in [5.74, 6) is -0.0470. The number of hydrogen-bond acceptors (Lipinski definition) is 6. The summed E-state index contributed by atoms with van der Waals surface area (Å²) in [4.78, 5) is 34.4. The number of carbonyl (C=O) groups excluding carboxylic acids is 2. The van der Waals surface area contributed by atoms with Crippen LogP contribution < -0.4 is 10.2 Å². The Kier molecular flexibility index (Phi) is 5.23. The molecule has 1 aromatic heterocycles. The molecule has 1 aliphatic rings. The lowest BCUT2D eigenvalue weighted by Gasteiger charge is -2.26. The predicted molar refractivity (Wildman–Crippen MR) is 93.8 cm³/mol. The van der Waals surface area contributed by atoms with Crippen molar-refractivity contribution < 1.29 is 14.3 Å². The highest BCUT2D eigenvalue weighted by Gasteiger charge is 2.14. The average molecular weight is 340 g/mol. The second-order valence-corrected chi connectivity index (χ2v) is 5.84. The van der Waals surface area contributed by atoms with E-state index >= 15 is 0 Å². The highest BCUT2D eigenvalue weighted by molar-refractivity contribution is 6.04. The van der Waals surface area contributed by atoms with Gasteiger partial charge in [-0.05, 0) is 43.5 Å². The number of carbonyl (C=O) groups is 2. The van der Waals surface area contributed by atoms with Crippen molar-refractivity contribution in [2.24, 2.45) is 0 Å². The molecule has 0 radical (unpaired) electrons. The summed E-state index contributed by atoms with van der Waals surface area (Å²) in [6, 6.07) is 6.48. The molecule has 0 saturated carbocycles. The number of nitrogens with one attached hydrogen (secondary N) is 1. The largest absolute Gasteiger partial charge is 0.465 e. The maximum absolute atomic E-state index is 12.3. The summed E-state index contributed by atoms with van der Waals surface area (Å²) in [7, 11) is 1.32. The van der Waals surface area contributed by atoms with Gasteiger partial charge in [-0.3, -0.25) is 4.79 Å². The van der Waals surface area contributed by atoms with Gasteiger partial charge >= 0.3 is 5.97 Å². The summed E-state index contributed by atoms with van der Waals surface area (Å²) in [5, 5.41) is 2.76. The first-order valence-corrected chi connectivity index (χ1v) is 8.24. The van der Waals surface area contributed by atoms with Gasteiger partial charge in [-0.1, -0.05) is 0 Å². The van der Waals surface area contributed by atoms with E-state index in [4.69, 9.17) is 0 Å². The number of methoxy groups -OCH3 is 1. The molecular formula is C18H20N4O3. The number of amides is 1. The Hall–Kier alpha value is -2.96. The van der Waals surface area contributed by atoms with E-state index in [0.29, 0.717) is 22.8 Å². The number of hydrogen-bond donors (Lipinski definition) is 1. The molecule has 0 atom stereocenters. The number of aromatic nitrogens is 2. The smallest absolute Gasteiger partial charge is 0.337 e. The van der Waals surface area contributed by atoms with Crippen LogP contribution in [0.15, 0.2) is 36.7 Å². The lowest BCUT2D eigenvalue weighted by atomic mass is 10.1. The van der Waals surface area contributed by atoms with E-state index < -0.39 is 5.97 Å². The van der Waals surface area contributed by atoms with Crippen molar-refractivity contribution >= 4 is 23.5 Å². The Labute approximate surface area is 146 Å². The van der Waals surface area contributed by atoms with Gasteiger partial charge in [0.1, 0.15) is 0 Å². The van der Waals surface area contributed by atoms with Gasteiger partial charge in [-0.2, -0.15) is 0 Å². The number of nitrogens with zero attached hydrogens (tertiary/aromatic N) is 3. The first-order chi connectivity index (χ1) is 12.2. The molecule has 2 heterocycles. The topological polar surface area (TPSA) is 84.4 Å². The Morgan fingerprint density at radius 2 is 1.64 bits per heavy atom. The van der Waals surface area contributed by atoms with Crippen molar-refractivity contribution in [3.8, 4) is 0 Å². The van der Waals surface area contributed by atoms with Crippen LogP contribution in [-0.2, 0) is 4.74 Å². The lowest BCUT2D eigenvalue weighted by molar-refractivity contribution is 0.0600. The summed E-state index contributed by atoms with van der Waals surface area (Å²) < 4.78 is 4.64. The van der Waals surface area contributed by atoms with Crippen LogP contribution in [0.3, 0.4) is 0 Å². The molecule has 0 aliphatic carbocycles. The minimum atomic E-state index is -0.417. The first-order valence-electron chi connectivity index (χ1n) is 8.24. The number of esters is 1.